The summed E-state index contributed by atoms with van der Waals surface area (Å²) in [6.45, 7) is 6.34. The van der Waals surface area contributed by atoms with Crippen molar-refractivity contribution >= 4 is 23.4 Å². The van der Waals surface area contributed by atoms with Crippen LogP contribution in [0.1, 0.15) is 38.4 Å². The highest BCUT2D eigenvalue weighted by Crippen LogP contribution is 2.21. The van der Waals surface area contributed by atoms with Crippen molar-refractivity contribution in [3.63, 3.8) is 0 Å². The van der Waals surface area contributed by atoms with E-state index in [1.807, 2.05) is 37.3 Å². The molecular formula is C17H25N7. The lowest BCUT2D eigenvalue weighted by atomic mass is 10.2. The lowest BCUT2D eigenvalue weighted by Gasteiger charge is -2.17. The summed E-state index contributed by atoms with van der Waals surface area (Å²) in [5, 5.41) is 3.24. The number of rotatable bonds is 5. The predicted octanol–water partition coefficient (Wildman–Crippen LogP) is 2.80. The van der Waals surface area contributed by atoms with E-state index in [2.05, 4.69) is 44.0 Å². The first-order valence-corrected chi connectivity index (χ1v) is 8.44. The Kier molecular flexibility index (Phi) is 4.78. The van der Waals surface area contributed by atoms with Gasteiger partial charge in [-0.25, -0.2) is 4.98 Å². The van der Waals surface area contributed by atoms with Gasteiger partial charge in [-0.1, -0.05) is 13.8 Å². The smallest absolute Gasteiger partial charge is 0.232 e. The minimum absolute atomic E-state index is 0.239. The molecule has 0 aromatic carbocycles. The van der Waals surface area contributed by atoms with Crippen LogP contribution in [0.15, 0.2) is 18.3 Å². The molecule has 2 aromatic rings. The second-order valence-electron chi connectivity index (χ2n) is 6.59. The van der Waals surface area contributed by atoms with Gasteiger partial charge >= 0.3 is 0 Å². The minimum atomic E-state index is 0.239. The molecule has 0 bridgehead atoms. The van der Waals surface area contributed by atoms with Gasteiger partial charge in [0.25, 0.3) is 0 Å². The maximum absolute atomic E-state index is 4.55. The summed E-state index contributed by atoms with van der Waals surface area (Å²) in [5.74, 6) is 3.25. The Morgan fingerprint density at radius 2 is 1.83 bits per heavy atom. The molecule has 0 amide bonds. The molecule has 7 heteroatoms. The number of anilines is 4. The molecular weight excluding hydrogens is 302 g/mol. The van der Waals surface area contributed by atoms with E-state index < -0.39 is 0 Å². The summed E-state index contributed by atoms with van der Waals surface area (Å²) in [6, 6.07) is 4.07. The molecule has 7 nitrogen and oxygen atoms in total. The third kappa shape index (κ3) is 3.72. The van der Waals surface area contributed by atoms with Crippen LogP contribution >= 0.6 is 0 Å². The molecule has 0 atom stereocenters. The fourth-order valence-electron chi connectivity index (χ4n) is 2.62. The van der Waals surface area contributed by atoms with Gasteiger partial charge in [0.15, 0.2) is 0 Å². The van der Waals surface area contributed by atoms with E-state index in [9.17, 15) is 0 Å². The first-order chi connectivity index (χ1) is 11.5. The van der Waals surface area contributed by atoms with Crippen LogP contribution in [-0.4, -0.2) is 47.1 Å². The van der Waals surface area contributed by atoms with Crippen LogP contribution in [0, 0.1) is 0 Å². The topological polar surface area (TPSA) is 70.1 Å². The average molecular weight is 327 g/mol. The molecule has 0 aliphatic carbocycles. The Hall–Kier alpha value is -2.44. The van der Waals surface area contributed by atoms with Crippen molar-refractivity contribution < 1.29 is 0 Å². The highest BCUT2D eigenvalue weighted by Gasteiger charge is 2.14. The number of aromatic nitrogens is 4. The largest absolute Gasteiger partial charge is 0.357 e. The molecule has 0 radical (unpaired) electrons. The second kappa shape index (κ2) is 6.98. The van der Waals surface area contributed by atoms with Gasteiger partial charge in [-0.2, -0.15) is 15.0 Å². The van der Waals surface area contributed by atoms with E-state index in [-0.39, 0.29) is 5.92 Å². The molecule has 0 unspecified atom stereocenters. The number of hydrogen-bond donors (Lipinski definition) is 1. The third-order valence-corrected chi connectivity index (χ3v) is 3.99. The SMILES string of the molecule is CC(C)c1nc(Nc2ccc(N3CCCC3)nc2)nc(N(C)C)n1. The predicted molar refractivity (Wildman–Crippen MR) is 97.2 cm³/mol. The molecule has 128 valence electrons. The summed E-state index contributed by atoms with van der Waals surface area (Å²) in [7, 11) is 3.85. The summed E-state index contributed by atoms with van der Waals surface area (Å²) in [6.07, 6.45) is 4.33. The fraction of sp³-hybridized carbons (Fsp3) is 0.529. The second-order valence-corrected chi connectivity index (χ2v) is 6.59. The number of hydrogen-bond acceptors (Lipinski definition) is 7. The lowest BCUT2D eigenvalue weighted by molar-refractivity contribution is 0.757. The van der Waals surface area contributed by atoms with Gasteiger partial charge < -0.3 is 15.1 Å². The average Bonchev–Trinajstić information content (AvgIpc) is 3.09. The molecule has 0 spiro atoms. The van der Waals surface area contributed by atoms with Crippen molar-refractivity contribution in [2.75, 3.05) is 42.3 Å². The molecule has 1 N–H and O–H groups in total. The molecule has 24 heavy (non-hydrogen) atoms. The Morgan fingerprint density at radius 1 is 1.08 bits per heavy atom. The maximum Gasteiger partial charge on any atom is 0.232 e. The maximum atomic E-state index is 4.55. The first kappa shape index (κ1) is 16.4. The Bertz CT molecular complexity index is 650. The van der Waals surface area contributed by atoms with Gasteiger partial charge in [-0.15, -0.1) is 0 Å². The van der Waals surface area contributed by atoms with Crippen molar-refractivity contribution in [2.24, 2.45) is 0 Å². The van der Waals surface area contributed by atoms with Crippen LogP contribution < -0.4 is 15.1 Å². The van der Waals surface area contributed by atoms with Crippen LogP contribution in [0.4, 0.5) is 23.4 Å². The van der Waals surface area contributed by atoms with Gasteiger partial charge in [0.1, 0.15) is 11.6 Å². The third-order valence-electron chi connectivity index (χ3n) is 3.99. The molecule has 1 fully saturated rings. The van der Waals surface area contributed by atoms with E-state index in [4.69, 9.17) is 0 Å². The summed E-state index contributed by atoms with van der Waals surface area (Å²) in [5.41, 5.74) is 0.878. The van der Waals surface area contributed by atoms with Crippen LogP contribution in [0.3, 0.4) is 0 Å². The van der Waals surface area contributed by atoms with Crippen molar-refractivity contribution in [3.8, 4) is 0 Å². The highest BCUT2D eigenvalue weighted by atomic mass is 15.3. The fourth-order valence-corrected chi connectivity index (χ4v) is 2.62. The minimum Gasteiger partial charge on any atom is -0.357 e. The zero-order chi connectivity index (χ0) is 17.1. The van der Waals surface area contributed by atoms with Crippen molar-refractivity contribution in [2.45, 2.75) is 32.6 Å². The summed E-state index contributed by atoms with van der Waals surface area (Å²) >= 11 is 0. The van der Waals surface area contributed by atoms with E-state index in [0.29, 0.717) is 11.9 Å². The standard InChI is InChI=1S/C17H25N7/c1-12(2)15-20-16(22-17(21-15)23(3)4)19-13-7-8-14(18-11-13)24-9-5-6-10-24/h7-8,11-12H,5-6,9-10H2,1-4H3,(H,19,20,21,22). The summed E-state index contributed by atoms with van der Waals surface area (Å²) in [4.78, 5) is 22.2. The molecule has 3 heterocycles. The van der Waals surface area contributed by atoms with E-state index >= 15 is 0 Å². The van der Waals surface area contributed by atoms with E-state index in [0.717, 1.165) is 30.4 Å². The number of nitrogens with zero attached hydrogens (tertiary/aromatic N) is 6. The zero-order valence-electron chi connectivity index (χ0n) is 14.8. The Labute approximate surface area is 143 Å². The lowest BCUT2D eigenvalue weighted by Crippen LogP contribution is -2.18. The molecule has 1 saturated heterocycles. The van der Waals surface area contributed by atoms with Gasteiger partial charge in [0.05, 0.1) is 11.9 Å². The molecule has 3 rings (SSSR count). The van der Waals surface area contributed by atoms with Crippen LogP contribution in [-0.2, 0) is 0 Å². The number of nitrogens with one attached hydrogen (secondary N) is 1. The Morgan fingerprint density at radius 3 is 2.42 bits per heavy atom. The van der Waals surface area contributed by atoms with E-state index in [1.165, 1.54) is 12.8 Å². The van der Waals surface area contributed by atoms with Crippen molar-refractivity contribution in [1.29, 1.82) is 0 Å². The number of pyridine rings is 1. The van der Waals surface area contributed by atoms with Gasteiger partial charge in [-0.05, 0) is 25.0 Å². The van der Waals surface area contributed by atoms with Crippen LogP contribution in [0.2, 0.25) is 0 Å². The normalized spacial score (nSPS) is 14.3. The van der Waals surface area contributed by atoms with Gasteiger partial charge in [0.2, 0.25) is 11.9 Å². The van der Waals surface area contributed by atoms with Gasteiger partial charge in [0, 0.05) is 33.1 Å². The van der Waals surface area contributed by atoms with Gasteiger partial charge in [-0.3, -0.25) is 0 Å². The molecule has 2 aromatic heterocycles. The van der Waals surface area contributed by atoms with E-state index in [1.54, 1.807) is 0 Å². The Balaban J connectivity index is 1.79. The monoisotopic (exact) mass is 327 g/mol. The molecule has 1 aliphatic heterocycles. The molecule has 0 saturated carbocycles. The zero-order valence-corrected chi connectivity index (χ0v) is 14.8. The van der Waals surface area contributed by atoms with Crippen LogP contribution in [0.5, 0.6) is 0 Å². The van der Waals surface area contributed by atoms with Crippen molar-refractivity contribution in [1.82, 2.24) is 19.9 Å². The molecule has 1 aliphatic rings. The highest BCUT2D eigenvalue weighted by molar-refractivity contribution is 5.56. The van der Waals surface area contributed by atoms with Crippen molar-refractivity contribution in [3.05, 3.63) is 24.2 Å². The summed E-state index contributed by atoms with van der Waals surface area (Å²) < 4.78 is 0. The first-order valence-electron chi connectivity index (χ1n) is 8.44. The quantitative estimate of drug-likeness (QED) is 0.905. The van der Waals surface area contributed by atoms with Crippen LogP contribution in [0.25, 0.3) is 0 Å².